The zero-order valence-corrected chi connectivity index (χ0v) is 21.9. The van der Waals surface area contributed by atoms with Gasteiger partial charge in [0.25, 0.3) is 5.56 Å². The second-order valence-electron chi connectivity index (χ2n) is 9.92. The summed E-state index contributed by atoms with van der Waals surface area (Å²) in [4.78, 5) is 20.0. The molecule has 1 saturated carbocycles. The molecule has 4 aromatic rings. The third kappa shape index (κ3) is 5.00. The van der Waals surface area contributed by atoms with E-state index in [-0.39, 0.29) is 11.6 Å². The second-order valence-corrected chi connectivity index (χ2v) is 10.9. The minimum atomic E-state index is -0.0917. The Morgan fingerprint density at radius 2 is 1.97 bits per heavy atom. The second kappa shape index (κ2) is 10.6. The molecule has 3 aromatic heterocycles. The molecule has 1 aliphatic carbocycles. The molecule has 1 aliphatic heterocycles. The average molecular weight is 521 g/mol. The van der Waals surface area contributed by atoms with Crippen LogP contribution in [0.2, 0.25) is 0 Å². The molecule has 0 spiro atoms. The van der Waals surface area contributed by atoms with Gasteiger partial charge in [-0.15, -0.1) is 16.4 Å². The van der Waals surface area contributed by atoms with Crippen molar-refractivity contribution in [1.29, 1.82) is 0 Å². The van der Waals surface area contributed by atoms with E-state index in [2.05, 4.69) is 54.5 Å². The van der Waals surface area contributed by atoms with E-state index in [0.717, 1.165) is 49.0 Å². The lowest BCUT2D eigenvalue weighted by Gasteiger charge is -2.31. The Balaban J connectivity index is 1.38. The maximum absolute atomic E-state index is 13.3. The maximum Gasteiger partial charge on any atom is 0.252 e. The molecule has 1 aromatic carbocycles. The Bertz CT molecular complexity index is 1410. The lowest BCUT2D eigenvalue weighted by molar-refractivity contribution is 0.154. The zero-order valence-electron chi connectivity index (χ0n) is 21.1. The highest BCUT2D eigenvalue weighted by Gasteiger charge is 2.30. The molecule has 194 valence electrons. The highest BCUT2D eigenvalue weighted by Crippen LogP contribution is 2.36. The van der Waals surface area contributed by atoms with Gasteiger partial charge in [0.1, 0.15) is 13.2 Å². The zero-order chi connectivity index (χ0) is 25.2. The highest BCUT2D eigenvalue weighted by atomic mass is 32.1. The van der Waals surface area contributed by atoms with Gasteiger partial charge in [0.2, 0.25) is 0 Å². The number of ether oxygens (including phenoxy) is 2. The number of aromatic amines is 1. The lowest BCUT2D eigenvalue weighted by atomic mass is 10.1. The summed E-state index contributed by atoms with van der Waals surface area (Å²) in [5.74, 6) is 2.29. The van der Waals surface area contributed by atoms with E-state index >= 15 is 0 Å². The van der Waals surface area contributed by atoms with Gasteiger partial charge in [-0.05, 0) is 53.3 Å². The molecule has 0 unspecified atom stereocenters. The fraction of sp³-hybridized carbons (Fsp3) is 0.481. The first-order chi connectivity index (χ1) is 18.2. The van der Waals surface area contributed by atoms with E-state index in [1.807, 2.05) is 18.2 Å². The number of benzene rings is 1. The van der Waals surface area contributed by atoms with Crippen molar-refractivity contribution in [3.05, 3.63) is 62.3 Å². The molecule has 1 atom stereocenters. The summed E-state index contributed by atoms with van der Waals surface area (Å²) in [6, 6.07) is 10.4. The van der Waals surface area contributed by atoms with Crippen LogP contribution in [0.5, 0.6) is 11.5 Å². The number of pyridine rings is 1. The number of thiophene rings is 1. The van der Waals surface area contributed by atoms with Gasteiger partial charge in [0.05, 0.1) is 17.6 Å². The molecule has 2 aliphatic rings. The summed E-state index contributed by atoms with van der Waals surface area (Å²) in [6.45, 7) is 4.43. The van der Waals surface area contributed by atoms with E-state index in [1.165, 1.54) is 17.7 Å². The topological polar surface area (TPSA) is 98.2 Å². The molecule has 6 rings (SSSR count). The van der Waals surface area contributed by atoms with Gasteiger partial charge in [0, 0.05) is 35.0 Å². The van der Waals surface area contributed by atoms with Crippen LogP contribution in [0.25, 0.3) is 10.9 Å². The van der Waals surface area contributed by atoms with Crippen LogP contribution in [0.15, 0.2) is 40.5 Å². The van der Waals surface area contributed by atoms with Crippen molar-refractivity contribution < 1.29 is 9.47 Å². The van der Waals surface area contributed by atoms with Crippen molar-refractivity contribution in [2.24, 2.45) is 0 Å². The van der Waals surface area contributed by atoms with Crippen LogP contribution in [0, 0.1) is 0 Å². The number of aromatic nitrogens is 5. The highest BCUT2D eigenvalue weighted by molar-refractivity contribution is 7.09. The Hall–Kier alpha value is -3.24. The molecule has 1 fully saturated rings. The fourth-order valence-corrected chi connectivity index (χ4v) is 6.31. The van der Waals surface area contributed by atoms with Gasteiger partial charge in [-0.1, -0.05) is 32.3 Å². The van der Waals surface area contributed by atoms with E-state index in [4.69, 9.17) is 9.47 Å². The number of tetrazole rings is 1. The van der Waals surface area contributed by atoms with Crippen LogP contribution in [0.4, 0.5) is 0 Å². The number of hydrogen-bond acceptors (Lipinski definition) is 8. The van der Waals surface area contributed by atoms with Gasteiger partial charge in [-0.25, -0.2) is 4.68 Å². The van der Waals surface area contributed by atoms with Crippen molar-refractivity contribution in [3.8, 4) is 11.5 Å². The number of hydrogen-bond donors (Lipinski definition) is 1. The van der Waals surface area contributed by atoms with Crippen LogP contribution in [0.1, 0.15) is 73.8 Å². The van der Waals surface area contributed by atoms with Gasteiger partial charge < -0.3 is 14.5 Å². The number of rotatable bonds is 9. The van der Waals surface area contributed by atoms with E-state index in [9.17, 15) is 4.79 Å². The van der Waals surface area contributed by atoms with E-state index in [0.29, 0.717) is 42.9 Å². The Morgan fingerprint density at radius 3 is 2.73 bits per heavy atom. The standard InChI is InChI=1S/C27H32N6O3S/c1-2-6-23(26-29-30-31-33(26)20-7-3-4-8-20)32(17-21-9-5-12-37-21)16-19-13-18-14-24-25(36-11-10-35-24)15-22(18)28-27(19)34/h5,9,12-15,20,23H,2-4,6-8,10-11,16-17H2,1H3,(H,28,34)/t23-/m1/s1. The minimum absolute atomic E-state index is 0.00179. The number of fused-ring (bicyclic) bond motifs is 2. The maximum atomic E-state index is 13.3. The Morgan fingerprint density at radius 1 is 1.16 bits per heavy atom. The normalized spacial score (nSPS) is 16.6. The summed E-state index contributed by atoms with van der Waals surface area (Å²) < 4.78 is 13.5. The molecular weight excluding hydrogens is 488 g/mol. The Kier molecular flexibility index (Phi) is 6.93. The summed E-state index contributed by atoms with van der Waals surface area (Å²) in [5.41, 5.74) is 1.37. The molecule has 37 heavy (non-hydrogen) atoms. The molecule has 10 heteroatoms. The first kappa shape index (κ1) is 24.1. The van der Waals surface area contributed by atoms with Crippen molar-refractivity contribution in [3.63, 3.8) is 0 Å². The quantitative estimate of drug-likeness (QED) is 0.331. The molecule has 0 saturated heterocycles. The van der Waals surface area contributed by atoms with Crippen LogP contribution in [-0.4, -0.2) is 43.3 Å². The van der Waals surface area contributed by atoms with Crippen molar-refractivity contribution in [1.82, 2.24) is 30.1 Å². The van der Waals surface area contributed by atoms with Crippen LogP contribution in [0.3, 0.4) is 0 Å². The monoisotopic (exact) mass is 520 g/mol. The van der Waals surface area contributed by atoms with Gasteiger partial charge in [-0.3, -0.25) is 9.69 Å². The lowest BCUT2D eigenvalue weighted by Crippen LogP contribution is -2.33. The minimum Gasteiger partial charge on any atom is -0.486 e. The molecule has 4 heterocycles. The van der Waals surface area contributed by atoms with E-state index in [1.54, 1.807) is 11.3 Å². The van der Waals surface area contributed by atoms with Crippen LogP contribution in [-0.2, 0) is 13.1 Å². The predicted molar refractivity (Wildman–Crippen MR) is 142 cm³/mol. The predicted octanol–water partition coefficient (Wildman–Crippen LogP) is 5.01. The number of nitrogens with one attached hydrogen (secondary N) is 1. The third-order valence-corrected chi connectivity index (χ3v) is 8.25. The molecule has 0 amide bonds. The van der Waals surface area contributed by atoms with Crippen molar-refractivity contribution >= 4 is 22.2 Å². The Labute approximate surface area is 219 Å². The molecule has 9 nitrogen and oxygen atoms in total. The van der Waals surface area contributed by atoms with Crippen molar-refractivity contribution in [2.75, 3.05) is 13.2 Å². The largest absolute Gasteiger partial charge is 0.486 e. The molecule has 0 radical (unpaired) electrons. The molecule has 1 N–H and O–H groups in total. The van der Waals surface area contributed by atoms with E-state index < -0.39 is 0 Å². The summed E-state index contributed by atoms with van der Waals surface area (Å²) in [5, 5.41) is 16.1. The first-order valence-electron chi connectivity index (χ1n) is 13.2. The van der Waals surface area contributed by atoms with Crippen molar-refractivity contribution in [2.45, 2.75) is 70.6 Å². The van der Waals surface area contributed by atoms with Gasteiger partial charge in [-0.2, -0.15) is 0 Å². The smallest absolute Gasteiger partial charge is 0.252 e. The third-order valence-electron chi connectivity index (χ3n) is 7.39. The first-order valence-corrected chi connectivity index (χ1v) is 14.1. The number of H-pyrrole nitrogens is 1. The molecular formula is C27H32N6O3S. The SMILES string of the molecule is CCC[C@H](c1nnnn1C1CCCC1)N(Cc1cccs1)Cc1cc2cc3c(cc2[nH]c1=O)OCCO3. The number of nitrogens with zero attached hydrogens (tertiary/aromatic N) is 5. The summed E-state index contributed by atoms with van der Waals surface area (Å²) >= 11 is 1.73. The van der Waals surface area contributed by atoms with Crippen LogP contribution >= 0.6 is 11.3 Å². The molecule has 0 bridgehead atoms. The fourth-order valence-electron chi connectivity index (χ4n) is 5.58. The average Bonchev–Trinajstić information content (AvgIpc) is 3.69. The summed E-state index contributed by atoms with van der Waals surface area (Å²) in [6.07, 6.45) is 6.55. The summed E-state index contributed by atoms with van der Waals surface area (Å²) in [7, 11) is 0. The van der Waals surface area contributed by atoms with Crippen LogP contribution < -0.4 is 15.0 Å². The van der Waals surface area contributed by atoms with Gasteiger partial charge in [0.15, 0.2) is 17.3 Å². The van der Waals surface area contributed by atoms with Gasteiger partial charge >= 0.3 is 0 Å².